The van der Waals surface area contributed by atoms with Crippen LogP contribution in [-0.4, -0.2) is 17.7 Å². The molecule has 2 N–H and O–H groups in total. The van der Waals surface area contributed by atoms with Crippen molar-refractivity contribution in [3.05, 3.63) is 0 Å². The van der Waals surface area contributed by atoms with Crippen molar-refractivity contribution in [3.8, 4) is 0 Å². The molecule has 0 saturated heterocycles. The highest BCUT2D eigenvalue weighted by Gasteiger charge is 2.13. The van der Waals surface area contributed by atoms with Gasteiger partial charge in [0, 0.05) is 0 Å². The molecule has 0 saturated carbocycles. The standard InChI is InChI=1S/C12H25NOS/c1-4-7-8-10(5-2)9-14-11(6-3)12(13)15/h10-11H,4-9H2,1-3H3,(H2,13,15). The summed E-state index contributed by atoms with van der Waals surface area (Å²) in [6, 6.07) is 0. The number of ether oxygens (including phenoxy) is 1. The fraction of sp³-hybridized carbons (Fsp3) is 0.917. The number of thiocarbonyl (C=S) groups is 1. The van der Waals surface area contributed by atoms with Gasteiger partial charge in [0.1, 0.15) is 11.1 Å². The molecule has 3 heteroatoms. The number of hydrogen-bond donors (Lipinski definition) is 1. The van der Waals surface area contributed by atoms with Crippen LogP contribution in [0.1, 0.15) is 52.9 Å². The van der Waals surface area contributed by atoms with Crippen LogP contribution in [0.3, 0.4) is 0 Å². The SMILES string of the molecule is CCCCC(CC)COC(CC)C(N)=S. The highest BCUT2D eigenvalue weighted by atomic mass is 32.1. The van der Waals surface area contributed by atoms with Crippen molar-refractivity contribution >= 4 is 17.2 Å². The maximum Gasteiger partial charge on any atom is 0.107 e. The minimum absolute atomic E-state index is 0.0318. The normalized spacial score (nSPS) is 14.9. The lowest BCUT2D eigenvalue weighted by molar-refractivity contribution is 0.0623. The highest BCUT2D eigenvalue weighted by molar-refractivity contribution is 7.80. The summed E-state index contributed by atoms with van der Waals surface area (Å²) in [5.74, 6) is 0.661. The summed E-state index contributed by atoms with van der Waals surface area (Å²) in [7, 11) is 0. The second-order valence-electron chi connectivity index (χ2n) is 4.05. The van der Waals surface area contributed by atoms with Gasteiger partial charge < -0.3 is 10.5 Å². The fourth-order valence-corrected chi connectivity index (χ4v) is 1.79. The van der Waals surface area contributed by atoms with Gasteiger partial charge in [-0.15, -0.1) is 0 Å². The Morgan fingerprint density at radius 1 is 1.27 bits per heavy atom. The minimum Gasteiger partial charge on any atom is -0.391 e. The number of rotatable bonds is 9. The molecule has 0 aromatic rings. The lowest BCUT2D eigenvalue weighted by atomic mass is 10.0. The molecule has 2 atom stereocenters. The predicted molar refractivity (Wildman–Crippen MR) is 70.1 cm³/mol. The third-order valence-corrected chi connectivity index (χ3v) is 3.03. The summed E-state index contributed by atoms with van der Waals surface area (Å²) in [6.07, 6.45) is 5.80. The van der Waals surface area contributed by atoms with Gasteiger partial charge in [0.15, 0.2) is 0 Å². The van der Waals surface area contributed by atoms with E-state index in [1.165, 1.54) is 25.7 Å². The van der Waals surface area contributed by atoms with E-state index in [0.717, 1.165) is 13.0 Å². The maximum absolute atomic E-state index is 5.74. The fourth-order valence-electron chi connectivity index (χ4n) is 1.55. The van der Waals surface area contributed by atoms with E-state index in [4.69, 9.17) is 22.7 Å². The summed E-state index contributed by atoms with van der Waals surface area (Å²) in [6.45, 7) is 7.28. The first-order valence-electron chi connectivity index (χ1n) is 6.06. The monoisotopic (exact) mass is 231 g/mol. The lowest BCUT2D eigenvalue weighted by Gasteiger charge is -2.19. The third kappa shape index (κ3) is 6.85. The molecule has 0 aliphatic carbocycles. The molecule has 0 aliphatic heterocycles. The average Bonchev–Trinajstić information content (AvgIpc) is 2.23. The van der Waals surface area contributed by atoms with Crippen LogP contribution < -0.4 is 5.73 Å². The van der Waals surface area contributed by atoms with E-state index in [1.807, 2.05) is 0 Å². The highest BCUT2D eigenvalue weighted by Crippen LogP contribution is 2.14. The molecule has 0 aromatic carbocycles. The van der Waals surface area contributed by atoms with Crippen molar-refractivity contribution in [2.45, 2.75) is 59.0 Å². The Labute approximate surface area is 99.6 Å². The van der Waals surface area contributed by atoms with E-state index in [-0.39, 0.29) is 6.10 Å². The number of unbranched alkanes of at least 4 members (excludes halogenated alkanes) is 1. The molecule has 0 rings (SSSR count). The smallest absolute Gasteiger partial charge is 0.107 e. The van der Waals surface area contributed by atoms with Crippen LogP contribution in [0, 0.1) is 5.92 Å². The van der Waals surface area contributed by atoms with Crippen LogP contribution in [0.25, 0.3) is 0 Å². The molecule has 0 aliphatic rings. The lowest BCUT2D eigenvalue weighted by Crippen LogP contribution is -2.30. The maximum atomic E-state index is 5.74. The first-order chi connectivity index (χ1) is 7.15. The molecule has 2 unspecified atom stereocenters. The van der Waals surface area contributed by atoms with Crippen molar-refractivity contribution in [1.82, 2.24) is 0 Å². The zero-order valence-electron chi connectivity index (χ0n) is 10.3. The predicted octanol–water partition coefficient (Wildman–Crippen LogP) is 3.28. The summed E-state index contributed by atoms with van der Waals surface area (Å²) in [4.78, 5) is 0.489. The van der Waals surface area contributed by atoms with Gasteiger partial charge in [-0.3, -0.25) is 0 Å². The van der Waals surface area contributed by atoms with E-state index in [2.05, 4.69) is 20.8 Å². The van der Waals surface area contributed by atoms with E-state index in [9.17, 15) is 0 Å². The summed E-state index contributed by atoms with van der Waals surface area (Å²) in [5, 5.41) is 0. The topological polar surface area (TPSA) is 35.2 Å². The van der Waals surface area contributed by atoms with Gasteiger partial charge in [0.25, 0.3) is 0 Å². The van der Waals surface area contributed by atoms with E-state index in [0.29, 0.717) is 10.9 Å². The van der Waals surface area contributed by atoms with Gasteiger partial charge in [-0.05, 0) is 18.8 Å². The average molecular weight is 231 g/mol. The largest absolute Gasteiger partial charge is 0.391 e. The van der Waals surface area contributed by atoms with Gasteiger partial charge in [-0.1, -0.05) is 52.3 Å². The third-order valence-electron chi connectivity index (χ3n) is 2.76. The minimum atomic E-state index is -0.0318. The van der Waals surface area contributed by atoms with E-state index < -0.39 is 0 Å². The van der Waals surface area contributed by atoms with Gasteiger partial charge >= 0.3 is 0 Å². The Morgan fingerprint density at radius 3 is 2.33 bits per heavy atom. The molecule has 2 nitrogen and oxygen atoms in total. The Hall–Kier alpha value is -0.150. The molecule has 0 radical (unpaired) electrons. The van der Waals surface area contributed by atoms with Crippen LogP contribution in [0.2, 0.25) is 0 Å². The number of nitrogens with two attached hydrogens (primary N) is 1. The van der Waals surface area contributed by atoms with Gasteiger partial charge in [0.2, 0.25) is 0 Å². The molecule has 0 amide bonds. The molecule has 0 aromatic heterocycles. The second-order valence-corrected chi connectivity index (χ2v) is 4.52. The molecule has 90 valence electrons. The zero-order valence-corrected chi connectivity index (χ0v) is 11.1. The summed E-state index contributed by atoms with van der Waals surface area (Å²) < 4.78 is 5.74. The molecule has 15 heavy (non-hydrogen) atoms. The van der Waals surface area contributed by atoms with Crippen LogP contribution in [0.5, 0.6) is 0 Å². The van der Waals surface area contributed by atoms with Crippen molar-refractivity contribution in [2.24, 2.45) is 11.7 Å². The van der Waals surface area contributed by atoms with Gasteiger partial charge in [-0.2, -0.15) is 0 Å². The van der Waals surface area contributed by atoms with Crippen molar-refractivity contribution in [3.63, 3.8) is 0 Å². The van der Waals surface area contributed by atoms with Crippen LogP contribution in [-0.2, 0) is 4.74 Å². The molecule has 0 fully saturated rings. The van der Waals surface area contributed by atoms with Gasteiger partial charge in [-0.25, -0.2) is 0 Å². The van der Waals surface area contributed by atoms with Crippen LogP contribution in [0.15, 0.2) is 0 Å². The Balaban J connectivity index is 3.81. The molecule has 0 spiro atoms. The summed E-state index contributed by atoms with van der Waals surface area (Å²) in [5.41, 5.74) is 5.58. The summed E-state index contributed by atoms with van der Waals surface area (Å²) >= 11 is 4.94. The molecule has 0 bridgehead atoms. The van der Waals surface area contributed by atoms with Crippen LogP contribution >= 0.6 is 12.2 Å². The molecular formula is C12H25NOS. The van der Waals surface area contributed by atoms with E-state index >= 15 is 0 Å². The number of hydrogen-bond acceptors (Lipinski definition) is 2. The first-order valence-corrected chi connectivity index (χ1v) is 6.47. The van der Waals surface area contributed by atoms with E-state index in [1.54, 1.807) is 0 Å². The Kier molecular flexibility index (Phi) is 9.01. The first kappa shape index (κ1) is 14.8. The Bertz CT molecular complexity index is 173. The quantitative estimate of drug-likeness (QED) is 0.618. The van der Waals surface area contributed by atoms with Crippen molar-refractivity contribution < 1.29 is 4.74 Å². The van der Waals surface area contributed by atoms with Gasteiger partial charge in [0.05, 0.1) is 6.61 Å². The Morgan fingerprint density at radius 2 is 1.93 bits per heavy atom. The zero-order chi connectivity index (χ0) is 11.7. The second kappa shape index (κ2) is 9.10. The van der Waals surface area contributed by atoms with Crippen molar-refractivity contribution in [1.29, 1.82) is 0 Å². The molecular weight excluding hydrogens is 206 g/mol. The van der Waals surface area contributed by atoms with Crippen LogP contribution in [0.4, 0.5) is 0 Å². The van der Waals surface area contributed by atoms with Crippen molar-refractivity contribution in [2.75, 3.05) is 6.61 Å². The molecule has 0 heterocycles.